The number of anilines is 1. The van der Waals surface area contributed by atoms with Crippen LogP contribution in [0.1, 0.15) is 44.9 Å². The monoisotopic (exact) mass is 565 g/mol. The molecule has 4 rings (SSSR count). The number of hydrogen-bond donors (Lipinski definition) is 4. The van der Waals surface area contributed by atoms with E-state index in [2.05, 4.69) is 40.0 Å². The number of amides is 1. The third kappa shape index (κ3) is 6.40. The van der Waals surface area contributed by atoms with Crippen molar-refractivity contribution >= 4 is 33.7 Å². The topological polar surface area (TPSA) is 151 Å². The van der Waals surface area contributed by atoms with Gasteiger partial charge in [0.15, 0.2) is 5.82 Å². The van der Waals surface area contributed by atoms with Crippen molar-refractivity contribution in [2.75, 3.05) is 25.5 Å². The zero-order valence-corrected chi connectivity index (χ0v) is 22.7. The maximum Gasteiger partial charge on any atom is 0.407 e. The first-order chi connectivity index (χ1) is 18.1. The zero-order chi connectivity index (χ0) is 27.4. The fourth-order valence-electron chi connectivity index (χ4n) is 3.71. The quantitative estimate of drug-likeness (QED) is 0.272. The van der Waals surface area contributed by atoms with Gasteiger partial charge in [-0.1, -0.05) is 18.5 Å². The van der Waals surface area contributed by atoms with Gasteiger partial charge in [0.2, 0.25) is 16.0 Å². The molecule has 11 nitrogen and oxygen atoms in total. The van der Waals surface area contributed by atoms with Crippen LogP contribution in [-0.4, -0.2) is 60.7 Å². The number of nitrogens with one attached hydrogen (secondary N) is 4. The van der Waals surface area contributed by atoms with Crippen molar-refractivity contribution in [2.24, 2.45) is 0 Å². The molecule has 1 aromatic carbocycles. The second-order valence-electron chi connectivity index (χ2n) is 8.97. The summed E-state index contributed by atoms with van der Waals surface area (Å²) < 4.78 is 48.3. The molecule has 0 spiro atoms. The van der Waals surface area contributed by atoms with Crippen molar-refractivity contribution in [1.29, 1.82) is 0 Å². The normalized spacial score (nSPS) is 14.2. The number of rotatable bonds is 11. The number of halogens is 2. The van der Waals surface area contributed by atoms with Gasteiger partial charge in [-0.2, -0.15) is 0 Å². The Morgan fingerprint density at radius 3 is 2.76 bits per heavy atom. The van der Waals surface area contributed by atoms with Crippen LogP contribution in [0.4, 0.5) is 15.1 Å². The molecule has 3 aromatic rings. The molecule has 1 saturated carbocycles. The molecule has 1 amide bonds. The number of carbonyl (C=O) groups excluding carboxylic acids is 1. The average molecular weight is 566 g/mol. The van der Waals surface area contributed by atoms with E-state index in [-0.39, 0.29) is 40.7 Å². The maximum atomic E-state index is 15.8. The van der Waals surface area contributed by atoms with Gasteiger partial charge < -0.3 is 20.4 Å². The van der Waals surface area contributed by atoms with Gasteiger partial charge in [-0.05, 0) is 44.4 Å². The fourth-order valence-corrected chi connectivity index (χ4v) is 5.25. The van der Waals surface area contributed by atoms with Gasteiger partial charge in [0, 0.05) is 41.8 Å². The molecule has 38 heavy (non-hydrogen) atoms. The van der Waals surface area contributed by atoms with Crippen molar-refractivity contribution in [3.8, 4) is 22.6 Å². The third-order valence-electron chi connectivity index (χ3n) is 5.80. The van der Waals surface area contributed by atoms with Crippen LogP contribution in [-0.2, 0) is 14.8 Å². The van der Waals surface area contributed by atoms with Crippen LogP contribution in [0.2, 0.25) is 5.02 Å². The van der Waals surface area contributed by atoms with Crippen LogP contribution in [0, 0.1) is 5.82 Å². The van der Waals surface area contributed by atoms with E-state index in [9.17, 15) is 13.2 Å². The van der Waals surface area contributed by atoms with Crippen molar-refractivity contribution in [2.45, 2.75) is 50.0 Å². The van der Waals surface area contributed by atoms with Gasteiger partial charge in [-0.3, -0.25) is 0 Å². The highest BCUT2D eigenvalue weighted by Crippen LogP contribution is 2.42. The molecule has 4 N–H and O–H groups in total. The molecule has 1 aliphatic rings. The van der Waals surface area contributed by atoms with Crippen LogP contribution >= 0.6 is 11.6 Å². The Morgan fingerprint density at radius 1 is 1.32 bits per heavy atom. The number of benzene rings is 1. The standard InChI is InChI=1S/C24H29ClFN7O4S/c1-4-8-29-38(35,36)18-11-15(25)10-16(19(18)26)20-21(33-22(32-20)14-5-6-14)17-7-9-27-23(31-17)28-12-13(2)30-24(34)37-3/h7,9-11,13-14,29H,4-6,8,12H2,1-3H3,(H,30,34)(H,32,33)(H,27,28,31)/t13-/m0/s1. The lowest BCUT2D eigenvalue weighted by Gasteiger charge is -2.14. The number of sulfonamides is 1. The van der Waals surface area contributed by atoms with Gasteiger partial charge in [-0.25, -0.2) is 37.3 Å². The summed E-state index contributed by atoms with van der Waals surface area (Å²) in [6.45, 7) is 4.06. The van der Waals surface area contributed by atoms with E-state index < -0.39 is 26.8 Å². The van der Waals surface area contributed by atoms with Crippen molar-refractivity contribution in [3.05, 3.63) is 41.1 Å². The average Bonchev–Trinajstić information content (AvgIpc) is 3.65. The van der Waals surface area contributed by atoms with E-state index in [0.29, 0.717) is 30.2 Å². The number of aromatic nitrogens is 4. The summed E-state index contributed by atoms with van der Waals surface area (Å²) in [7, 11) is -2.86. The highest BCUT2D eigenvalue weighted by atomic mass is 35.5. The molecule has 204 valence electrons. The first-order valence-electron chi connectivity index (χ1n) is 12.1. The highest BCUT2D eigenvalue weighted by Gasteiger charge is 2.31. The summed E-state index contributed by atoms with van der Waals surface area (Å²) in [5, 5.41) is 5.74. The number of imidazole rings is 1. The predicted octanol–water partition coefficient (Wildman–Crippen LogP) is 4.05. The van der Waals surface area contributed by atoms with Crippen LogP contribution in [0.15, 0.2) is 29.3 Å². The molecule has 0 bridgehead atoms. The van der Waals surface area contributed by atoms with E-state index in [1.54, 1.807) is 19.9 Å². The van der Waals surface area contributed by atoms with Crippen LogP contribution < -0.4 is 15.4 Å². The fraction of sp³-hybridized carbons (Fsp3) is 0.417. The second-order valence-corrected chi connectivity index (χ2v) is 11.1. The Kier molecular flexibility index (Phi) is 8.48. The van der Waals surface area contributed by atoms with Gasteiger partial charge in [0.1, 0.15) is 16.4 Å². The van der Waals surface area contributed by atoms with Gasteiger partial charge >= 0.3 is 6.09 Å². The Hall–Kier alpha value is -3.29. The van der Waals surface area contributed by atoms with E-state index >= 15 is 4.39 Å². The van der Waals surface area contributed by atoms with Crippen molar-refractivity contribution in [1.82, 2.24) is 30.0 Å². The first kappa shape index (κ1) is 27.7. The molecule has 1 aliphatic carbocycles. The molecular formula is C24H29ClFN7O4S. The Bertz CT molecular complexity index is 1430. The van der Waals surface area contributed by atoms with E-state index in [1.165, 1.54) is 19.4 Å². The molecule has 0 aliphatic heterocycles. The molecule has 0 unspecified atom stereocenters. The largest absolute Gasteiger partial charge is 0.453 e. The summed E-state index contributed by atoms with van der Waals surface area (Å²) in [6.07, 6.45) is 3.39. The molecule has 0 radical (unpaired) electrons. The molecule has 0 saturated heterocycles. The number of nitrogens with zero attached hydrogens (tertiary/aromatic N) is 3. The Morgan fingerprint density at radius 2 is 2.08 bits per heavy atom. The van der Waals surface area contributed by atoms with Gasteiger partial charge in [-0.15, -0.1) is 0 Å². The van der Waals surface area contributed by atoms with Crippen molar-refractivity contribution in [3.63, 3.8) is 0 Å². The Balaban J connectivity index is 1.72. The van der Waals surface area contributed by atoms with Gasteiger partial charge in [0.25, 0.3) is 0 Å². The van der Waals surface area contributed by atoms with Crippen molar-refractivity contribution < 1.29 is 22.3 Å². The minimum Gasteiger partial charge on any atom is -0.453 e. The maximum absolute atomic E-state index is 15.8. The Labute approximate surface area is 225 Å². The van der Waals surface area contributed by atoms with Crippen LogP contribution in [0.5, 0.6) is 0 Å². The summed E-state index contributed by atoms with van der Waals surface area (Å²) in [5.74, 6) is 0.173. The van der Waals surface area contributed by atoms with Gasteiger partial charge in [0.05, 0.1) is 18.5 Å². The molecule has 2 aromatic heterocycles. The number of ether oxygens (including phenoxy) is 1. The first-order valence-corrected chi connectivity index (χ1v) is 14.0. The highest BCUT2D eigenvalue weighted by molar-refractivity contribution is 7.89. The van der Waals surface area contributed by atoms with Crippen LogP contribution in [0.25, 0.3) is 22.6 Å². The summed E-state index contributed by atoms with van der Waals surface area (Å²) in [6, 6.07) is 3.80. The lowest BCUT2D eigenvalue weighted by atomic mass is 10.1. The van der Waals surface area contributed by atoms with Crippen LogP contribution in [0.3, 0.4) is 0 Å². The SMILES string of the molecule is CCCNS(=O)(=O)c1cc(Cl)cc(-c2nc(C3CC3)[nH]c2-c2ccnc(NC[C@H](C)NC(=O)OC)n2)c1F. The number of carbonyl (C=O) groups is 1. The molecule has 2 heterocycles. The summed E-state index contributed by atoms with van der Waals surface area (Å²) in [5.41, 5.74) is 0.961. The summed E-state index contributed by atoms with van der Waals surface area (Å²) >= 11 is 6.26. The molecule has 1 atom stereocenters. The zero-order valence-electron chi connectivity index (χ0n) is 21.1. The second kappa shape index (κ2) is 11.6. The lowest BCUT2D eigenvalue weighted by Crippen LogP contribution is -2.37. The lowest BCUT2D eigenvalue weighted by molar-refractivity contribution is 0.168. The van der Waals surface area contributed by atoms with E-state index in [1.807, 2.05) is 0 Å². The van der Waals surface area contributed by atoms with E-state index in [4.69, 9.17) is 11.6 Å². The molecule has 1 fully saturated rings. The molecule has 14 heteroatoms. The minimum atomic E-state index is -4.14. The van der Waals surface area contributed by atoms with E-state index in [0.717, 1.165) is 18.9 Å². The predicted molar refractivity (Wildman–Crippen MR) is 141 cm³/mol. The number of hydrogen-bond acceptors (Lipinski definition) is 8. The number of aromatic amines is 1. The minimum absolute atomic E-state index is 0.0531. The number of alkyl carbamates (subject to hydrolysis) is 1. The summed E-state index contributed by atoms with van der Waals surface area (Å²) in [4.78, 5) is 27.5. The third-order valence-corrected chi connectivity index (χ3v) is 7.48. The smallest absolute Gasteiger partial charge is 0.407 e. The number of methoxy groups -OCH3 is 1. The molecular weight excluding hydrogens is 537 g/mol. The number of H-pyrrole nitrogens is 1.